The molecule has 0 radical (unpaired) electrons. The van der Waals surface area contributed by atoms with E-state index in [1.165, 1.54) is 11.3 Å². The number of aromatic nitrogens is 1. The van der Waals surface area contributed by atoms with Gasteiger partial charge < -0.3 is 10.6 Å². The quantitative estimate of drug-likeness (QED) is 0.577. The van der Waals surface area contributed by atoms with E-state index in [0.29, 0.717) is 18.2 Å². The van der Waals surface area contributed by atoms with Crippen molar-refractivity contribution in [2.24, 2.45) is 0 Å². The number of nitrogens with zero attached hydrogens (tertiary/aromatic N) is 1. The number of benzene rings is 2. The van der Waals surface area contributed by atoms with E-state index in [-0.39, 0.29) is 6.42 Å². The standard InChI is InChI=1S/C20H16F3N3O2S/c21-14-6-7-15(20(23)19(14)22)26-17(28)10-24-16(27)9-13-11-29-18(25-13)8-12-4-2-1-3-5-12/h1-7,11H,8-10H2,(H,24,27)(H,26,28). The first-order valence-corrected chi connectivity index (χ1v) is 9.47. The van der Waals surface area contributed by atoms with Gasteiger partial charge in [0.15, 0.2) is 17.5 Å². The summed E-state index contributed by atoms with van der Waals surface area (Å²) in [6.07, 6.45) is 0.646. The molecular formula is C20H16F3N3O2S. The second kappa shape index (κ2) is 9.33. The average molecular weight is 419 g/mol. The maximum absolute atomic E-state index is 13.5. The molecule has 5 nitrogen and oxygen atoms in total. The van der Waals surface area contributed by atoms with Crippen molar-refractivity contribution < 1.29 is 22.8 Å². The van der Waals surface area contributed by atoms with E-state index in [1.807, 2.05) is 30.3 Å². The van der Waals surface area contributed by atoms with Crippen LogP contribution in [0.1, 0.15) is 16.3 Å². The molecule has 0 aliphatic rings. The Morgan fingerprint density at radius 1 is 0.966 bits per heavy atom. The van der Waals surface area contributed by atoms with Crippen molar-refractivity contribution in [3.05, 3.63) is 81.6 Å². The highest BCUT2D eigenvalue weighted by Gasteiger charge is 2.16. The minimum absolute atomic E-state index is 0.0158. The van der Waals surface area contributed by atoms with Crippen LogP contribution in [0.2, 0.25) is 0 Å². The highest BCUT2D eigenvalue weighted by atomic mass is 32.1. The molecule has 0 bridgehead atoms. The van der Waals surface area contributed by atoms with Crippen molar-refractivity contribution in [1.29, 1.82) is 0 Å². The molecule has 150 valence electrons. The number of carbonyl (C=O) groups excluding carboxylic acids is 2. The highest BCUT2D eigenvalue weighted by Crippen LogP contribution is 2.19. The Morgan fingerprint density at radius 2 is 1.72 bits per heavy atom. The smallest absolute Gasteiger partial charge is 0.243 e. The minimum Gasteiger partial charge on any atom is -0.347 e. The van der Waals surface area contributed by atoms with Crippen molar-refractivity contribution in [3.8, 4) is 0 Å². The van der Waals surface area contributed by atoms with Crippen LogP contribution in [0.4, 0.5) is 18.9 Å². The van der Waals surface area contributed by atoms with Gasteiger partial charge in [0.1, 0.15) is 0 Å². The molecule has 0 saturated carbocycles. The van der Waals surface area contributed by atoms with E-state index in [1.54, 1.807) is 5.38 Å². The molecule has 2 aromatic carbocycles. The predicted molar refractivity (Wildman–Crippen MR) is 103 cm³/mol. The Labute approximate surface area is 168 Å². The fraction of sp³-hybridized carbons (Fsp3) is 0.150. The van der Waals surface area contributed by atoms with Gasteiger partial charge in [0, 0.05) is 11.8 Å². The highest BCUT2D eigenvalue weighted by molar-refractivity contribution is 7.09. The number of carbonyl (C=O) groups is 2. The summed E-state index contributed by atoms with van der Waals surface area (Å²) in [6.45, 7) is -0.446. The van der Waals surface area contributed by atoms with E-state index in [0.717, 1.165) is 16.6 Å². The first-order valence-electron chi connectivity index (χ1n) is 8.59. The normalized spacial score (nSPS) is 10.6. The number of rotatable bonds is 7. The van der Waals surface area contributed by atoms with Crippen LogP contribution in [0.5, 0.6) is 0 Å². The van der Waals surface area contributed by atoms with Gasteiger partial charge in [-0.2, -0.15) is 0 Å². The van der Waals surface area contributed by atoms with Crippen LogP contribution < -0.4 is 10.6 Å². The largest absolute Gasteiger partial charge is 0.347 e. The van der Waals surface area contributed by atoms with Crippen molar-refractivity contribution in [2.45, 2.75) is 12.8 Å². The third-order valence-corrected chi connectivity index (χ3v) is 4.79. The molecule has 1 aromatic heterocycles. The molecule has 1 heterocycles. The second-order valence-corrected chi connectivity index (χ2v) is 7.06. The number of hydrogen-bond donors (Lipinski definition) is 2. The zero-order valence-electron chi connectivity index (χ0n) is 15.0. The third kappa shape index (κ3) is 5.64. The van der Waals surface area contributed by atoms with E-state index in [4.69, 9.17) is 0 Å². The predicted octanol–water partition coefficient (Wildman–Crippen LogP) is 3.45. The maximum Gasteiger partial charge on any atom is 0.243 e. The lowest BCUT2D eigenvalue weighted by atomic mass is 10.2. The Balaban J connectivity index is 1.47. The zero-order valence-corrected chi connectivity index (χ0v) is 15.9. The lowest BCUT2D eigenvalue weighted by Gasteiger charge is -2.08. The molecule has 3 rings (SSSR count). The topological polar surface area (TPSA) is 71.1 Å². The third-order valence-electron chi connectivity index (χ3n) is 3.89. The molecule has 0 fully saturated rings. The van der Waals surface area contributed by atoms with Gasteiger partial charge in [0.05, 0.1) is 29.4 Å². The molecule has 0 aliphatic carbocycles. The average Bonchev–Trinajstić information content (AvgIpc) is 3.14. The molecule has 0 saturated heterocycles. The van der Waals surface area contributed by atoms with Crippen molar-refractivity contribution >= 4 is 28.8 Å². The molecule has 0 atom stereocenters. The molecular weight excluding hydrogens is 403 g/mol. The minimum atomic E-state index is -1.68. The van der Waals surface area contributed by atoms with Crippen LogP contribution >= 0.6 is 11.3 Å². The maximum atomic E-state index is 13.5. The fourth-order valence-electron chi connectivity index (χ4n) is 2.50. The molecule has 3 aromatic rings. The number of anilines is 1. The first-order chi connectivity index (χ1) is 13.9. The lowest BCUT2D eigenvalue weighted by Crippen LogP contribution is -2.34. The molecule has 0 aliphatic heterocycles. The van der Waals surface area contributed by atoms with Crippen molar-refractivity contribution in [1.82, 2.24) is 10.3 Å². The van der Waals surface area contributed by atoms with Gasteiger partial charge in [-0.3, -0.25) is 9.59 Å². The summed E-state index contributed by atoms with van der Waals surface area (Å²) in [4.78, 5) is 28.2. The first kappa shape index (κ1) is 20.5. The summed E-state index contributed by atoms with van der Waals surface area (Å²) in [6, 6.07) is 11.4. The van der Waals surface area contributed by atoms with Gasteiger partial charge in [0.25, 0.3) is 0 Å². The van der Waals surface area contributed by atoms with E-state index in [2.05, 4.69) is 15.6 Å². The Morgan fingerprint density at radius 3 is 2.48 bits per heavy atom. The van der Waals surface area contributed by atoms with E-state index in [9.17, 15) is 22.8 Å². The monoisotopic (exact) mass is 419 g/mol. The molecule has 0 unspecified atom stereocenters. The van der Waals surface area contributed by atoms with Gasteiger partial charge in [-0.15, -0.1) is 11.3 Å². The van der Waals surface area contributed by atoms with E-state index < -0.39 is 41.5 Å². The summed E-state index contributed by atoms with van der Waals surface area (Å²) < 4.78 is 39.6. The number of hydrogen-bond acceptors (Lipinski definition) is 4. The summed E-state index contributed by atoms with van der Waals surface area (Å²) in [5, 5.41) is 7.10. The van der Waals surface area contributed by atoms with Crippen molar-refractivity contribution in [2.75, 3.05) is 11.9 Å². The number of halogens is 3. The lowest BCUT2D eigenvalue weighted by molar-refractivity contribution is -0.123. The summed E-state index contributed by atoms with van der Waals surface area (Å²) in [7, 11) is 0. The number of thiazole rings is 1. The molecule has 2 N–H and O–H groups in total. The Hall–Kier alpha value is -3.20. The zero-order chi connectivity index (χ0) is 20.8. The van der Waals surface area contributed by atoms with Crippen LogP contribution in [0.25, 0.3) is 0 Å². The Kier molecular flexibility index (Phi) is 6.61. The second-order valence-electron chi connectivity index (χ2n) is 6.12. The summed E-state index contributed by atoms with van der Waals surface area (Å²) in [5.74, 6) is -5.75. The van der Waals surface area contributed by atoms with Crippen LogP contribution in [-0.4, -0.2) is 23.3 Å². The van der Waals surface area contributed by atoms with Crippen LogP contribution in [0.3, 0.4) is 0 Å². The van der Waals surface area contributed by atoms with Gasteiger partial charge in [-0.25, -0.2) is 18.2 Å². The van der Waals surface area contributed by atoms with Crippen LogP contribution in [0.15, 0.2) is 47.8 Å². The fourth-order valence-corrected chi connectivity index (χ4v) is 3.33. The van der Waals surface area contributed by atoms with Crippen LogP contribution in [-0.2, 0) is 22.4 Å². The van der Waals surface area contributed by atoms with Gasteiger partial charge in [-0.05, 0) is 17.7 Å². The van der Waals surface area contributed by atoms with Crippen molar-refractivity contribution in [3.63, 3.8) is 0 Å². The summed E-state index contributed by atoms with van der Waals surface area (Å²) >= 11 is 1.44. The SMILES string of the molecule is O=C(Cc1csc(Cc2ccccc2)n1)NCC(=O)Nc1ccc(F)c(F)c1F. The molecule has 9 heteroatoms. The molecule has 0 spiro atoms. The van der Waals surface area contributed by atoms with Gasteiger partial charge >= 0.3 is 0 Å². The van der Waals surface area contributed by atoms with Gasteiger partial charge in [0.2, 0.25) is 11.8 Å². The molecule has 2 amide bonds. The number of amides is 2. The van der Waals surface area contributed by atoms with Crippen LogP contribution in [0, 0.1) is 17.5 Å². The van der Waals surface area contributed by atoms with E-state index >= 15 is 0 Å². The number of nitrogens with one attached hydrogen (secondary N) is 2. The van der Waals surface area contributed by atoms with Gasteiger partial charge in [-0.1, -0.05) is 30.3 Å². The molecule has 29 heavy (non-hydrogen) atoms. The Bertz CT molecular complexity index is 1030. The summed E-state index contributed by atoms with van der Waals surface area (Å²) in [5.41, 5.74) is 1.18.